The number of benzene rings is 1. The number of nitrogens with one attached hydrogen (secondary N) is 1. The standard InChI is InChI=1S/C19H25NO3/c1-3-12-4-6-13(7-5-12)11(2)20-18(21)16-14-8-9-15(10-14)17(16)19(22)23/h4-7,11,14-17H,3,8-10H2,1-2H3,(H,20,21)(H,22,23)/t11-,14+,15-,16+,17-/m0/s1. The zero-order valence-electron chi connectivity index (χ0n) is 13.8. The Morgan fingerprint density at radius 1 is 1.17 bits per heavy atom. The quantitative estimate of drug-likeness (QED) is 0.877. The second-order valence-corrected chi connectivity index (χ2v) is 7.05. The van der Waals surface area contributed by atoms with Crippen molar-refractivity contribution in [1.82, 2.24) is 5.32 Å². The summed E-state index contributed by atoms with van der Waals surface area (Å²) in [4.78, 5) is 24.2. The molecule has 1 amide bonds. The molecule has 5 atom stereocenters. The van der Waals surface area contributed by atoms with Gasteiger partial charge in [0.25, 0.3) is 0 Å². The molecule has 2 aliphatic rings. The zero-order valence-corrected chi connectivity index (χ0v) is 13.8. The molecule has 2 fully saturated rings. The fourth-order valence-electron chi connectivity index (χ4n) is 4.46. The number of amides is 1. The lowest BCUT2D eigenvalue weighted by Gasteiger charge is -2.28. The predicted molar refractivity (Wildman–Crippen MR) is 87.8 cm³/mol. The second-order valence-electron chi connectivity index (χ2n) is 7.05. The average Bonchev–Trinajstić information content (AvgIpc) is 3.15. The van der Waals surface area contributed by atoms with Crippen LogP contribution >= 0.6 is 0 Å². The molecule has 1 aromatic carbocycles. The van der Waals surface area contributed by atoms with Crippen LogP contribution in [0.5, 0.6) is 0 Å². The summed E-state index contributed by atoms with van der Waals surface area (Å²) in [6.07, 6.45) is 3.84. The maximum absolute atomic E-state index is 12.7. The summed E-state index contributed by atoms with van der Waals surface area (Å²) in [5, 5.41) is 12.5. The van der Waals surface area contributed by atoms with Crippen molar-refractivity contribution < 1.29 is 14.7 Å². The van der Waals surface area contributed by atoms with Gasteiger partial charge >= 0.3 is 5.97 Å². The molecule has 0 heterocycles. The molecule has 0 radical (unpaired) electrons. The van der Waals surface area contributed by atoms with E-state index in [0.29, 0.717) is 0 Å². The summed E-state index contributed by atoms with van der Waals surface area (Å²) in [7, 11) is 0. The predicted octanol–water partition coefficient (Wildman–Crippen LogP) is 3.17. The van der Waals surface area contributed by atoms with Gasteiger partial charge in [0.15, 0.2) is 0 Å². The molecule has 23 heavy (non-hydrogen) atoms. The van der Waals surface area contributed by atoms with E-state index in [0.717, 1.165) is 31.2 Å². The van der Waals surface area contributed by atoms with Crippen molar-refractivity contribution in [1.29, 1.82) is 0 Å². The molecule has 4 nitrogen and oxygen atoms in total. The topological polar surface area (TPSA) is 66.4 Å². The van der Waals surface area contributed by atoms with Gasteiger partial charge in [-0.3, -0.25) is 9.59 Å². The normalized spacial score (nSPS) is 30.2. The van der Waals surface area contributed by atoms with Crippen LogP contribution in [0.4, 0.5) is 0 Å². The number of aliphatic carboxylic acids is 1. The van der Waals surface area contributed by atoms with E-state index in [2.05, 4.69) is 24.4 Å². The molecule has 0 saturated heterocycles. The second kappa shape index (κ2) is 6.34. The van der Waals surface area contributed by atoms with Crippen molar-refractivity contribution in [3.8, 4) is 0 Å². The van der Waals surface area contributed by atoms with E-state index < -0.39 is 11.9 Å². The van der Waals surface area contributed by atoms with Gasteiger partial charge in [0, 0.05) is 0 Å². The van der Waals surface area contributed by atoms with Crippen LogP contribution in [-0.2, 0) is 16.0 Å². The number of carboxylic acids is 1. The van der Waals surface area contributed by atoms with Gasteiger partial charge in [-0.1, -0.05) is 31.2 Å². The summed E-state index contributed by atoms with van der Waals surface area (Å²) >= 11 is 0. The number of carbonyl (C=O) groups is 2. The highest BCUT2D eigenvalue weighted by Gasteiger charge is 2.54. The van der Waals surface area contributed by atoms with Crippen LogP contribution in [0.2, 0.25) is 0 Å². The molecule has 4 heteroatoms. The van der Waals surface area contributed by atoms with Gasteiger partial charge in [0.05, 0.1) is 17.9 Å². The van der Waals surface area contributed by atoms with E-state index in [9.17, 15) is 14.7 Å². The molecule has 0 aromatic heterocycles. The SMILES string of the molecule is CCc1ccc([C@H](C)NC(=O)[C@@H]2[C@@H]3CC[C@@H](C3)[C@@H]2C(=O)O)cc1. The summed E-state index contributed by atoms with van der Waals surface area (Å²) in [5.74, 6) is -1.32. The summed E-state index contributed by atoms with van der Waals surface area (Å²) in [5.41, 5.74) is 2.33. The third-order valence-corrected chi connectivity index (χ3v) is 5.75. The number of fused-ring (bicyclic) bond motifs is 2. The molecule has 0 aliphatic heterocycles. The Morgan fingerprint density at radius 3 is 2.35 bits per heavy atom. The van der Waals surface area contributed by atoms with Crippen LogP contribution in [0, 0.1) is 23.7 Å². The highest BCUT2D eigenvalue weighted by molar-refractivity contribution is 5.86. The molecule has 1 aromatic rings. The van der Waals surface area contributed by atoms with Crippen molar-refractivity contribution >= 4 is 11.9 Å². The molecule has 2 saturated carbocycles. The molecule has 2 bridgehead atoms. The number of hydrogen-bond acceptors (Lipinski definition) is 2. The number of hydrogen-bond donors (Lipinski definition) is 2. The molecule has 3 rings (SSSR count). The maximum atomic E-state index is 12.7. The molecular formula is C19H25NO3. The first kappa shape index (κ1) is 16.0. The molecule has 2 aliphatic carbocycles. The van der Waals surface area contributed by atoms with E-state index in [1.54, 1.807) is 0 Å². The van der Waals surface area contributed by atoms with E-state index in [1.807, 2.05) is 19.1 Å². The number of carbonyl (C=O) groups excluding carboxylic acids is 1. The van der Waals surface area contributed by atoms with Crippen LogP contribution in [0.3, 0.4) is 0 Å². The summed E-state index contributed by atoms with van der Waals surface area (Å²) in [6, 6.07) is 8.14. The van der Waals surface area contributed by atoms with Crippen molar-refractivity contribution in [3.63, 3.8) is 0 Å². The Bertz CT molecular complexity index is 595. The van der Waals surface area contributed by atoms with E-state index in [1.165, 1.54) is 5.56 Å². The highest BCUT2D eigenvalue weighted by Crippen LogP contribution is 2.52. The van der Waals surface area contributed by atoms with Gasteiger partial charge in [0.1, 0.15) is 0 Å². The fraction of sp³-hybridized carbons (Fsp3) is 0.579. The Morgan fingerprint density at radius 2 is 1.78 bits per heavy atom. The van der Waals surface area contributed by atoms with Crippen LogP contribution in [0.25, 0.3) is 0 Å². The fourth-order valence-corrected chi connectivity index (χ4v) is 4.46. The Hall–Kier alpha value is -1.84. The number of carboxylic acid groups (broad SMARTS) is 1. The highest BCUT2D eigenvalue weighted by atomic mass is 16.4. The zero-order chi connectivity index (χ0) is 16.6. The minimum atomic E-state index is -0.808. The van der Waals surface area contributed by atoms with Crippen molar-refractivity contribution in [3.05, 3.63) is 35.4 Å². The van der Waals surface area contributed by atoms with Gasteiger partial charge in [-0.2, -0.15) is 0 Å². The van der Waals surface area contributed by atoms with Gasteiger partial charge in [-0.15, -0.1) is 0 Å². The minimum Gasteiger partial charge on any atom is -0.481 e. The lowest BCUT2D eigenvalue weighted by atomic mass is 9.78. The molecule has 0 unspecified atom stereocenters. The number of rotatable bonds is 5. The Labute approximate surface area is 137 Å². The van der Waals surface area contributed by atoms with Crippen LogP contribution in [0.15, 0.2) is 24.3 Å². The first-order valence-corrected chi connectivity index (χ1v) is 8.63. The van der Waals surface area contributed by atoms with E-state index in [-0.39, 0.29) is 29.7 Å². The molecule has 124 valence electrons. The first-order chi connectivity index (χ1) is 11.0. The first-order valence-electron chi connectivity index (χ1n) is 8.63. The van der Waals surface area contributed by atoms with Gasteiger partial charge in [0.2, 0.25) is 5.91 Å². The summed E-state index contributed by atoms with van der Waals surface area (Å²) < 4.78 is 0. The molecule has 0 spiro atoms. The van der Waals surface area contributed by atoms with Crippen molar-refractivity contribution in [2.24, 2.45) is 23.7 Å². The van der Waals surface area contributed by atoms with Crippen molar-refractivity contribution in [2.75, 3.05) is 0 Å². The third-order valence-electron chi connectivity index (χ3n) is 5.75. The Balaban J connectivity index is 1.69. The maximum Gasteiger partial charge on any atom is 0.307 e. The van der Waals surface area contributed by atoms with Gasteiger partial charge in [-0.25, -0.2) is 0 Å². The third kappa shape index (κ3) is 2.99. The van der Waals surface area contributed by atoms with Crippen molar-refractivity contribution in [2.45, 2.75) is 45.6 Å². The van der Waals surface area contributed by atoms with Gasteiger partial charge < -0.3 is 10.4 Å². The van der Waals surface area contributed by atoms with Crippen LogP contribution < -0.4 is 5.32 Å². The Kier molecular flexibility index (Phi) is 4.42. The van der Waals surface area contributed by atoms with Crippen LogP contribution in [0.1, 0.15) is 50.3 Å². The smallest absolute Gasteiger partial charge is 0.307 e. The average molecular weight is 315 g/mol. The van der Waals surface area contributed by atoms with Gasteiger partial charge in [-0.05, 0) is 55.6 Å². The number of aryl methyl sites for hydroxylation is 1. The van der Waals surface area contributed by atoms with Crippen LogP contribution in [-0.4, -0.2) is 17.0 Å². The largest absolute Gasteiger partial charge is 0.481 e. The lowest BCUT2D eigenvalue weighted by Crippen LogP contribution is -2.42. The minimum absolute atomic E-state index is 0.0864. The summed E-state index contributed by atoms with van der Waals surface area (Å²) in [6.45, 7) is 4.07. The molecule has 2 N–H and O–H groups in total. The lowest BCUT2D eigenvalue weighted by molar-refractivity contribution is -0.149. The molecular weight excluding hydrogens is 290 g/mol. The monoisotopic (exact) mass is 315 g/mol. The van der Waals surface area contributed by atoms with E-state index in [4.69, 9.17) is 0 Å². The van der Waals surface area contributed by atoms with E-state index >= 15 is 0 Å².